The lowest BCUT2D eigenvalue weighted by Gasteiger charge is -2.56. The third-order valence-corrected chi connectivity index (χ3v) is 13.0. The Labute approximate surface area is 313 Å². The molecule has 0 bridgehead atoms. The molecule has 14 heteroatoms. The number of rotatable bonds is 8. The first kappa shape index (κ1) is 35.3. The van der Waals surface area contributed by atoms with Crippen LogP contribution in [0.2, 0.25) is 0 Å². The molecule has 4 aromatic rings. The topological polar surface area (TPSA) is 97.0 Å². The Morgan fingerprint density at radius 1 is 1.04 bits per heavy atom. The van der Waals surface area contributed by atoms with Crippen LogP contribution in [0.5, 0.6) is 5.75 Å². The van der Waals surface area contributed by atoms with Crippen LogP contribution in [-0.2, 0) is 4.79 Å². The van der Waals surface area contributed by atoms with Gasteiger partial charge in [0.2, 0.25) is 11.9 Å². The van der Waals surface area contributed by atoms with E-state index in [1.165, 1.54) is 6.08 Å². The molecule has 2 spiro atoms. The smallest absolute Gasteiger partial charge is 0.422 e. The summed E-state index contributed by atoms with van der Waals surface area (Å²) in [5.74, 6) is 1.53. The number of fused-ring (bicyclic) bond motifs is 2. The van der Waals surface area contributed by atoms with Crippen molar-refractivity contribution < 1.29 is 22.7 Å². The van der Waals surface area contributed by atoms with E-state index in [0.29, 0.717) is 67.7 Å². The quantitative estimate of drug-likeness (QED) is 0.227. The number of hydrogen-bond donors (Lipinski definition) is 1. The van der Waals surface area contributed by atoms with E-state index < -0.39 is 12.8 Å². The summed E-state index contributed by atoms with van der Waals surface area (Å²) >= 11 is 0. The van der Waals surface area contributed by atoms with Crippen molar-refractivity contribution in [3.05, 3.63) is 48.2 Å². The van der Waals surface area contributed by atoms with E-state index >= 15 is 0 Å². The van der Waals surface area contributed by atoms with Gasteiger partial charge in [-0.3, -0.25) is 14.8 Å². The Morgan fingerprint density at radius 2 is 1.78 bits per heavy atom. The van der Waals surface area contributed by atoms with Crippen LogP contribution in [0, 0.1) is 12.3 Å². The molecule has 4 saturated heterocycles. The summed E-state index contributed by atoms with van der Waals surface area (Å²) in [5, 5.41) is 8.90. The minimum Gasteiger partial charge on any atom is -0.481 e. The van der Waals surface area contributed by atoms with Gasteiger partial charge in [-0.15, -0.1) is 0 Å². The first-order valence-corrected chi connectivity index (χ1v) is 19.1. The molecule has 54 heavy (non-hydrogen) atoms. The number of halogens is 3. The molecule has 11 nitrogen and oxygen atoms in total. The van der Waals surface area contributed by atoms with Crippen LogP contribution in [0.25, 0.3) is 32.9 Å². The van der Waals surface area contributed by atoms with Gasteiger partial charge in [-0.2, -0.15) is 23.3 Å². The molecule has 0 unspecified atom stereocenters. The molecule has 1 N–H and O–H groups in total. The second-order valence-corrected chi connectivity index (χ2v) is 16.7. The Hall–Kier alpha value is -4.43. The van der Waals surface area contributed by atoms with Gasteiger partial charge < -0.3 is 24.3 Å². The Balaban J connectivity index is 1.21. The second-order valence-electron chi connectivity index (χ2n) is 16.7. The number of likely N-dealkylation sites (tertiary alicyclic amines) is 2. The minimum atomic E-state index is -4.56. The molecule has 1 atom stereocenters. The summed E-state index contributed by atoms with van der Waals surface area (Å²) in [7, 11) is 6.43. The highest BCUT2D eigenvalue weighted by atomic mass is 19.4. The summed E-state index contributed by atoms with van der Waals surface area (Å²) in [4.78, 5) is 33.8. The standard InChI is InChI=1S/C40H48F3N9O2/c1-6-31(53)51-19-38(20-51)12-15-50(16-13-38)36-27-17-26(25-8-9-25)33(32-24(2)7-10-29-28(32)18-44-47-29)35(54-23-40(41,42)43)34(27)45-37(46-36)52-21-39(22-52)30(48(3)4)11-14-49(39)5/h6-7,10,17-18,25,30H,1,8-9,11-16,19-23H2,2-5H3,(H,44,47)/t30-/m0/s1. The van der Waals surface area contributed by atoms with Crippen molar-refractivity contribution in [1.29, 1.82) is 0 Å². The van der Waals surface area contributed by atoms with Gasteiger partial charge >= 0.3 is 6.18 Å². The number of anilines is 2. The molecule has 5 aliphatic rings. The summed E-state index contributed by atoms with van der Waals surface area (Å²) in [6.45, 7) is 9.47. The lowest BCUT2D eigenvalue weighted by atomic mass is 9.72. The Bertz CT molecular complexity index is 2140. The zero-order chi connectivity index (χ0) is 37.7. The van der Waals surface area contributed by atoms with Gasteiger partial charge in [0.05, 0.1) is 17.3 Å². The van der Waals surface area contributed by atoms with Crippen molar-refractivity contribution in [3.63, 3.8) is 0 Å². The van der Waals surface area contributed by atoms with Gasteiger partial charge in [0.1, 0.15) is 11.3 Å². The van der Waals surface area contributed by atoms with Crippen LogP contribution in [0.1, 0.15) is 49.1 Å². The first-order chi connectivity index (χ1) is 25.8. The molecule has 5 fully saturated rings. The number of H-pyrrole nitrogens is 1. The van der Waals surface area contributed by atoms with Crippen LogP contribution in [0.3, 0.4) is 0 Å². The van der Waals surface area contributed by atoms with E-state index in [1.54, 1.807) is 6.20 Å². The number of nitrogens with one attached hydrogen (secondary N) is 1. The van der Waals surface area contributed by atoms with Crippen LogP contribution in [0.4, 0.5) is 24.9 Å². The van der Waals surface area contributed by atoms with Gasteiger partial charge in [0.25, 0.3) is 0 Å². The Morgan fingerprint density at radius 3 is 2.44 bits per heavy atom. The maximum absolute atomic E-state index is 14.2. The molecule has 1 amide bonds. The summed E-state index contributed by atoms with van der Waals surface area (Å²) in [6.07, 6.45) is 3.26. The fourth-order valence-electron chi connectivity index (χ4n) is 9.90. The number of alkyl halides is 3. The highest BCUT2D eigenvalue weighted by Crippen LogP contribution is 2.54. The highest BCUT2D eigenvalue weighted by molar-refractivity contribution is 6.06. The van der Waals surface area contributed by atoms with Crippen LogP contribution >= 0.6 is 0 Å². The summed E-state index contributed by atoms with van der Waals surface area (Å²) in [5.41, 5.74) is 4.55. The second kappa shape index (κ2) is 12.6. The molecule has 2 aromatic heterocycles. The summed E-state index contributed by atoms with van der Waals surface area (Å²) < 4.78 is 48.5. The predicted octanol–water partition coefficient (Wildman–Crippen LogP) is 5.74. The van der Waals surface area contributed by atoms with E-state index in [1.807, 2.05) is 24.0 Å². The molecule has 2 aromatic carbocycles. The molecular formula is C40H48F3N9O2. The number of aromatic amines is 1. The van der Waals surface area contributed by atoms with Crippen molar-refractivity contribution in [2.45, 2.75) is 62.7 Å². The summed E-state index contributed by atoms with van der Waals surface area (Å²) in [6, 6.07) is 6.44. The van der Waals surface area contributed by atoms with Crippen molar-refractivity contribution in [2.75, 3.05) is 83.4 Å². The number of benzene rings is 2. The molecule has 1 aliphatic carbocycles. The van der Waals surface area contributed by atoms with Crippen molar-refractivity contribution in [3.8, 4) is 16.9 Å². The largest absolute Gasteiger partial charge is 0.481 e. The van der Waals surface area contributed by atoms with Crippen molar-refractivity contribution in [2.24, 2.45) is 5.41 Å². The zero-order valence-corrected chi connectivity index (χ0v) is 31.5. The van der Waals surface area contributed by atoms with Gasteiger partial charge in [-0.25, -0.2) is 4.98 Å². The molecule has 0 radical (unpaired) electrons. The molecule has 286 valence electrons. The fraction of sp³-hybridized carbons (Fsp3) is 0.550. The van der Waals surface area contributed by atoms with E-state index in [-0.39, 0.29) is 28.5 Å². The molecule has 4 aliphatic heterocycles. The number of aromatic nitrogens is 4. The average molecular weight is 744 g/mol. The lowest BCUT2D eigenvalue weighted by Crippen LogP contribution is -2.73. The number of ether oxygens (including phenoxy) is 1. The van der Waals surface area contributed by atoms with Crippen LogP contribution in [0.15, 0.2) is 37.1 Å². The van der Waals surface area contributed by atoms with Crippen LogP contribution in [-0.4, -0.2) is 132 Å². The maximum Gasteiger partial charge on any atom is 0.422 e. The maximum atomic E-state index is 14.2. The normalized spacial score (nSPS) is 22.4. The Kier molecular flexibility index (Phi) is 8.20. The van der Waals surface area contributed by atoms with E-state index in [2.05, 4.69) is 63.6 Å². The zero-order valence-electron chi connectivity index (χ0n) is 31.5. The van der Waals surface area contributed by atoms with Gasteiger partial charge in [-0.1, -0.05) is 12.6 Å². The van der Waals surface area contributed by atoms with Crippen LogP contribution < -0.4 is 14.5 Å². The van der Waals surface area contributed by atoms with Crippen molar-refractivity contribution >= 4 is 39.5 Å². The van der Waals surface area contributed by atoms with Gasteiger partial charge in [-0.05, 0) is 101 Å². The van der Waals surface area contributed by atoms with Crippen molar-refractivity contribution in [1.82, 2.24) is 34.9 Å². The molecule has 1 saturated carbocycles. The number of carbonyl (C=O) groups is 1. The number of amides is 1. The third-order valence-electron chi connectivity index (χ3n) is 13.0. The minimum absolute atomic E-state index is 0.0395. The van der Waals surface area contributed by atoms with E-state index in [4.69, 9.17) is 14.7 Å². The van der Waals surface area contributed by atoms with Gasteiger partial charge in [0, 0.05) is 73.6 Å². The first-order valence-electron chi connectivity index (χ1n) is 19.1. The highest BCUT2D eigenvalue weighted by Gasteiger charge is 2.56. The lowest BCUT2D eigenvalue weighted by molar-refractivity contribution is -0.153. The van der Waals surface area contributed by atoms with Gasteiger partial charge in [0.15, 0.2) is 12.4 Å². The monoisotopic (exact) mass is 743 g/mol. The predicted molar refractivity (Wildman–Crippen MR) is 203 cm³/mol. The number of nitrogens with zero attached hydrogens (tertiary/aromatic N) is 8. The molecular weight excluding hydrogens is 695 g/mol. The molecule has 9 rings (SSSR count). The number of likely N-dealkylation sites (N-methyl/N-ethyl adjacent to an activating group) is 2. The van der Waals surface area contributed by atoms with E-state index in [9.17, 15) is 18.0 Å². The average Bonchev–Trinajstić information content (AvgIpc) is 3.74. The molecule has 6 heterocycles. The number of aryl methyl sites for hydroxylation is 1. The third kappa shape index (κ3) is 5.70. The number of carbonyl (C=O) groups excluding carboxylic acids is 1. The fourth-order valence-corrected chi connectivity index (χ4v) is 9.90. The number of hydrogen-bond acceptors (Lipinski definition) is 9. The van der Waals surface area contributed by atoms with E-state index in [0.717, 1.165) is 72.1 Å². The number of piperidine rings is 1. The SMILES string of the molecule is C=CC(=O)N1CC2(CCN(c3nc(N4CC5(C4)[C@@H](N(C)C)CCN5C)nc4c(OCC(F)(F)F)c(-c5c(C)ccc6[nH]ncc56)c(C5CC5)cc34)CC2)C1.